The van der Waals surface area contributed by atoms with Gasteiger partial charge in [-0.15, -0.1) is 18.1 Å². The van der Waals surface area contributed by atoms with Gasteiger partial charge in [-0.2, -0.15) is 18.2 Å². The summed E-state index contributed by atoms with van der Waals surface area (Å²) in [6.45, 7) is 0. The predicted molar refractivity (Wildman–Crippen MR) is 81.6 cm³/mol. The van der Waals surface area contributed by atoms with E-state index in [0.29, 0.717) is 0 Å². The van der Waals surface area contributed by atoms with E-state index in [2.05, 4.69) is 42.5 Å². The van der Waals surface area contributed by atoms with Gasteiger partial charge in [-0.1, -0.05) is 35.4 Å². The fourth-order valence-electron chi connectivity index (χ4n) is 2.58. The summed E-state index contributed by atoms with van der Waals surface area (Å²) in [7, 11) is 1.72. The van der Waals surface area contributed by atoms with Gasteiger partial charge < -0.3 is 29.6 Å². The molecule has 0 saturated heterocycles. The van der Waals surface area contributed by atoms with E-state index in [9.17, 15) is 0 Å². The second-order valence-corrected chi connectivity index (χ2v) is 4.74. The van der Waals surface area contributed by atoms with Gasteiger partial charge in [0.1, 0.15) is 0 Å². The fraction of sp³-hybridized carbons (Fsp3) is 0.158. The first kappa shape index (κ1) is 22.2. The Hall–Kier alpha value is -0.817. The molecule has 4 heteroatoms. The first-order chi connectivity index (χ1) is 9.90. The monoisotopic (exact) mass is 420 g/mol. The summed E-state index contributed by atoms with van der Waals surface area (Å²) in [5.74, 6) is 0.952. The summed E-state index contributed by atoms with van der Waals surface area (Å²) in [5.41, 5.74) is 5.13. The molecule has 2 aliphatic rings. The molecule has 2 aliphatic carbocycles. The van der Waals surface area contributed by atoms with Crippen LogP contribution >= 0.6 is 0 Å². The van der Waals surface area contributed by atoms with Crippen LogP contribution in [0.1, 0.15) is 17.5 Å². The molecule has 0 saturated carbocycles. The SMILES string of the molecule is COc1cc[c-]c2c1-c1ccccc1C2.[C-]1=CC=CC1.[Cl-].[Cl-].[Zr+4]. The van der Waals surface area contributed by atoms with E-state index >= 15 is 0 Å². The molecule has 0 bridgehead atoms. The Morgan fingerprint density at radius 3 is 2.48 bits per heavy atom. The number of hydrogen-bond donors (Lipinski definition) is 0. The van der Waals surface area contributed by atoms with Gasteiger partial charge in [0, 0.05) is 5.75 Å². The number of halogens is 2. The van der Waals surface area contributed by atoms with Gasteiger partial charge in [0.15, 0.2) is 0 Å². The molecular weight excluding hydrogens is 406 g/mol. The molecule has 2 aromatic rings. The van der Waals surface area contributed by atoms with Crippen LogP contribution in [0, 0.1) is 12.1 Å². The van der Waals surface area contributed by atoms with Crippen LogP contribution in [0.5, 0.6) is 5.75 Å². The maximum absolute atomic E-state index is 5.39. The van der Waals surface area contributed by atoms with Crippen LogP contribution in [0.15, 0.2) is 54.6 Å². The fourth-order valence-corrected chi connectivity index (χ4v) is 2.58. The molecule has 0 aliphatic heterocycles. The molecule has 4 rings (SSSR count). The third kappa shape index (κ3) is 5.08. The van der Waals surface area contributed by atoms with Gasteiger partial charge in [-0.05, 0) is 12.0 Å². The van der Waals surface area contributed by atoms with Crippen LogP contribution in [0.4, 0.5) is 0 Å². The number of fused-ring (bicyclic) bond motifs is 3. The molecule has 0 radical (unpaired) electrons. The van der Waals surface area contributed by atoms with Crippen LogP contribution < -0.4 is 29.6 Å². The van der Waals surface area contributed by atoms with Crippen molar-refractivity contribution in [3.63, 3.8) is 0 Å². The first-order valence-corrected chi connectivity index (χ1v) is 6.77. The Morgan fingerprint density at radius 1 is 1.09 bits per heavy atom. The smallest absolute Gasteiger partial charge is 1.00 e. The zero-order valence-corrected chi connectivity index (χ0v) is 16.7. The predicted octanol–water partition coefficient (Wildman–Crippen LogP) is -1.62. The van der Waals surface area contributed by atoms with Crippen molar-refractivity contribution in [2.75, 3.05) is 7.11 Å². The van der Waals surface area contributed by atoms with Crippen molar-refractivity contribution in [2.24, 2.45) is 0 Å². The molecule has 0 N–H and O–H groups in total. The zero-order valence-electron chi connectivity index (χ0n) is 12.8. The van der Waals surface area contributed by atoms with Crippen molar-refractivity contribution >= 4 is 0 Å². The van der Waals surface area contributed by atoms with Gasteiger partial charge in [-0.3, -0.25) is 6.08 Å². The molecule has 0 unspecified atom stereocenters. The summed E-state index contributed by atoms with van der Waals surface area (Å²) >= 11 is 0. The normalized spacial score (nSPS) is 11.7. The summed E-state index contributed by atoms with van der Waals surface area (Å²) < 4.78 is 5.39. The molecule has 1 nitrogen and oxygen atoms in total. The van der Waals surface area contributed by atoms with E-state index in [1.54, 1.807) is 7.11 Å². The molecule has 0 fully saturated rings. The number of rotatable bonds is 1. The molecular formula is C19H16Cl2OZr. The summed E-state index contributed by atoms with van der Waals surface area (Å²) in [6.07, 6.45) is 11.0. The van der Waals surface area contributed by atoms with Crippen LogP contribution in [0.3, 0.4) is 0 Å². The number of methoxy groups -OCH3 is 1. The van der Waals surface area contributed by atoms with Crippen LogP contribution in [0.25, 0.3) is 11.1 Å². The van der Waals surface area contributed by atoms with Crippen molar-refractivity contribution in [3.8, 4) is 16.9 Å². The van der Waals surface area contributed by atoms with Gasteiger partial charge in [0.2, 0.25) is 0 Å². The Kier molecular flexibility index (Phi) is 10.5. The number of benzene rings is 2. The summed E-state index contributed by atoms with van der Waals surface area (Å²) in [6, 6.07) is 15.7. The summed E-state index contributed by atoms with van der Waals surface area (Å²) in [5, 5.41) is 0. The molecule has 2 aromatic carbocycles. The van der Waals surface area contributed by atoms with Gasteiger partial charge in [0.05, 0.1) is 7.11 Å². The second kappa shape index (κ2) is 10.9. The van der Waals surface area contributed by atoms with E-state index in [4.69, 9.17) is 4.74 Å². The van der Waals surface area contributed by atoms with Crippen molar-refractivity contribution < 1.29 is 55.8 Å². The largest absolute Gasteiger partial charge is 4.00 e. The average molecular weight is 422 g/mol. The Bertz CT molecular complexity index is 671. The van der Waals surface area contributed by atoms with Crippen molar-refractivity contribution in [1.82, 2.24) is 0 Å². The maximum atomic E-state index is 5.39. The summed E-state index contributed by atoms with van der Waals surface area (Å²) in [4.78, 5) is 0. The third-order valence-electron chi connectivity index (χ3n) is 3.50. The molecule has 116 valence electrons. The number of ether oxygens (including phenoxy) is 1. The molecule has 0 atom stereocenters. The van der Waals surface area contributed by atoms with Crippen LogP contribution in [-0.2, 0) is 32.6 Å². The van der Waals surface area contributed by atoms with E-state index in [1.807, 2.05) is 24.3 Å². The Labute approximate surface area is 169 Å². The topological polar surface area (TPSA) is 9.23 Å². The third-order valence-corrected chi connectivity index (χ3v) is 3.50. The van der Waals surface area contributed by atoms with Crippen molar-refractivity contribution in [3.05, 3.63) is 77.9 Å². The number of hydrogen-bond acceptors (Lipinski definition) is 1. The molecule has 0 aromatic heterocycles. The van der Waals surface area contributed by atoms with Crippen LogP contribution in [0.2, 0.25) is 0 Å². The van der Waals surface area contributed by atoms with E-state index in [1.165, 1.54) is 22.3 Å². The minimum Gasteiger partial charge on any atom is -1.00 e. The number of allylic oxidation sites excluding steroid dienone is 4. The van der Waals surface area contributed by atoms with E-state index in [-0.39, 0.29) is 51.0 Å². The minimum atomic E-state index is 0. The van der Waals surface area contributed by atoms with Gasteiger partial charge in [-0.25, -0.2) is 12.2 Å². The van der Waals surface area contributed by atoms with Gasteiger partial charge >= 0.3 is 26.2 Å². The van der Waals surface area contributed by atoms with Gasteiger partial charge in [0.25, 0.3) is 0 Å². The molecule has 0 amide bonds. The quantitative estimate of drug-likeness (QED) is 0.429. The van der Waals surface area contributed by atoms with Crippen molar-refractivity contribution in [2.45, 2.75) is 12.8 Å². The standard InChI is InChI=1S/C14H11O.C5H5.2ClH.Zr/c1-15-13-8-4-6-11-9-10-5-2-3-7-12(10)14(11)13;1-2-4-5-3-1;;;/h2-5,7-8H,9H2,1H3;1-3H,4H2;2*1H;/q2*-1;;;+4/p-2. The second-order valence-electron chi connectivity index (χ2n) is 4.74. The Morgan fingerprint density at radius 2 is 1.87 bits per heavy atom. The zero-order chi connectivity index (χ0) is 13.8. The van der Waals surface area contributed by atoms with E-state index < -0.39 is 0 Å². The molecule has 0 spiro atoms. The van der Waals surface area contributed by atoms with Crippen molar-refractivity contribution in [1.29, 1.82) is 0 Å². The Balaban J connectivity index is 0.000000529. The average Bonchev–Trinajstić information content (AvgIpc) is 3.17. The van der Waals surface area contributed by atoms with Crippen LogP contribution in [-0.4, -0.2) is 7.11 Å². The minimum absolute atomic E-state index is 0. The van der Waals surface area contributed by atoms with E-state index in [0.717, 1.165) is 18.6 Å². The molecule has 23 heavy (non-hydrogen) atoms. The maximum Gasteiger partial charge on any atom is 4.00 e. The first-order valence-electron chi connectivity index (χ1n) is 6.77. The molecule has 0 heterocycles.